The molecule has 4 rings (SSSR count). The maximum absolute atomic E-state index is 13.2. The van der Waals surface area contributed by atoms with E-state index in [0.717, 1.165) is 10.5 Å². The Bertz CT molecular complexity index is 1380. The van der Waals surface area contributed by atoms with Crippen molar-refractivity contribution in [2.24, 2.45) is 0 Å². The van der Waals surface area contributed by atoms with E-state index in [9.17, 15) is 24.1 Å². The van der Waals surface area contributed by atoms with Crippen molar-refractivity contribution in [3.63, 3.8) is 0 Å². The molecule has 7 nitrogen and oxygen atoms in total. The first-order valence-corrected chi connectivity index (χ1v) is 11.7. The van der Waals surface area contributed by atoms with Crippen LogP contribution in [0.2, 0.25) is 0 Å². The zero-order valence-electron chi connectivity index (χ0n) is 18.8. The number of nitrogens with one attached hydrogen (secondary N) is 2. The fourth-order valence-electron chi connectivity index (χ4n) is 3.36. The number of non-ortho nitro benzene ring substituents is 1. The van der Waals surface area contributed by atoms with Crippen molar-refractivity contribution in [1.82, 2.24) is 0 Å². The first-order valence-electron chi connectivity index (χ1n) is 10.8. The van der Waals surface area contributed by atoms with Gasteiger partial charge in [0.05, 0.1) is 4.92 Å². The average Bonchev–Trinajstić information content (AvgIpc) is 2.90. The second-order valence-corrected chi connectivity index (χ2v) is 8.87. The number of nitro groups is 1. The van der Waals surface area contributed by atoms with Crippen molar-refractivity contribution in [1.29, 1.82) is 0 Å². The smallest absolute Gasteiger partial charge is 0.270 e. The Kier molecular flexibility index (Phi) is 7.72. The van der Waals surface area contributed by atoms with Crippen LogP contribution in [0.1, 0.15) is 21.2 Å². The number of benzene rings is 4. The Morgan fingerprint density at radius 3 is 2.11 bits per heavy atom. The van der Waals surface area contributed by atoms with Crippen LogP contribution in [0.25, 0.3) is 0 Å². The van der Waals surface area contributed by atoms with Gasteiger partial charge < -0.3 is 10.6 Å². The first kappa shape index (κ1) is 24.6. The quantitative estimate of drug-likeness (QED) is 0.164. The van der Waals surface area contributed by atoms with Gasteiger partial charge in [-0.2, -0.15) is 0 Å². The van der Waals surface area contributed by atoms with Gasteiger partial charge in [-0.1, -0.05) is 36.4 Å². The molecule has 0 saturated heterocycles. The second-order valence-electron chi connectivity index (χ2n) is 7.69. The molecule has 2 N–H and O–H groups in total. The van der Waals surface area contributed by atoms with Crippen LogP contribution in [0, 0.1) is 15.9 Å². The minimum Gasteiger partial charge on any atom is -0.325 e. The summed E-state index contributed by atoms with van der Waals surface area (Å²) in [6.45, 7) is 0. The van der Waals surface area contributed by atoms with E-state index in [-0.39, 0.29) is 23.0 Å². The average molecular weight is 502 g/mol. The number of carbonyl (C=O) groups excluding carboxylic acids is 2. The lowest BCUT2D eigenvalue weighted by atomic mass is 10.1. The summed E-state index contributed by atoms with van der Waals surface area (Å²) in [7, 11) is 0. The van der Waals surface area contributed by atoms with Crippen LogP contribution < -0.4 is 10.6 Å². The SMILES string of the molecule is O=C(Nc1ccc(SC(C(=O)Nc2ccc(F)cc2)c2ccccc2)cc1)c1cccc([N+](=O)[O-])c1. The monoisotopic (exact) mass is 501 g/mol. The summed E-state index contributed by atoms with van der Waals surface area (Å²) in [5.74, 6) is -1.12. The van der Waals surface area contributed by atoms with Gasteiger partial charge in [0.25, 0.3) is 11.6 Å². The van der Waals surface area contributed by atoms with Crippen molar-refractivity contribution < 1.29 is 18.9 Å². The van der Waals surface area contributed by atoms with Crippen molar-refractivity contribution in [2.45, 2.75) is 10.1 Å². The van der Waals surface area contributed by atoms with Crippen molar-refractivity contribution in [3.8, 4) is 0 Å². The van der Waals surface area contributed by atoms with Gasteiger partial charge in [-0.25, -0.2) is 4.39 Å². The fraction of sp³-hybridized carbons (Fsp3) is 0.0370. The van der Waals surface area contributed by atoms with Crippen LogP contribution in [0.3, 0.4) is 0 Å². The third-order valence-corrected chi connectivity index (χ3v) is 6.40. The highest BCUT2D eigenvalue weighted by molar-refractivity contribution is 8.00. The molecule has 0 spiro atoms. The van der Waals surface area contributed by atoms with E-state index < -0.39 is 16.1 Å². The molecule has 0 aliphatic heterocycles. The summed E-state index contributed by atoms with van der Waals surface area (Å²) >= 11 is 1.33. The van der Waals surface area contributed by atoms with Gasteiger partial charge in [0.15, 0.2) is 0 Å². The topological polar surface area (TPSA) is 101 Å². The van der Waals surface area contributed by atoms with Crippen LogP contribution in [0.15, 0.2) is 108 Å². The minimum absolute atomic E-state index is 0.166. The molecule has 0 saturated carbocycles. The molecule has 0 aromatic heterocycles. The van der Waals surface area contributed by atoms with E-state index >= 15 is 0 Å². The maximum atomic E-state index is 13.2. The van der Waals surface area contributed by atoms with E-state index in [4.69, 9.17) is 0 Å². The number of carbonyl (C=O) groups is 2. The molecule has 0 aliphatic carbocycles. The molecule has 4 aromatic carbocycles. The second kappa shape index (κ2) is 11.3. The van der Waals surface area contributed by atoms with Crippen LogP contribution in [0.4, 0.5) is 21.5 Å². The van der Waals surface area contributed by atoms with E-state index in [1.165, 1.54) is 60.3 Å². The lowest BCUT2D eigenvalue weighted by molar-refractivity contribution is -0.384. The van der Waals surface area contributed by atoms with Crippen molar-refractivity contribution >= 4 is 40.6 Å². The summed E-state index contributed by atoms with van der Waals surface area (Å²) in [4.78, 5) is 36.8. The Labute approximate surface area is 210 Å². The van der Waals surface area contributed by atoms with Gasteiger partial charge in [0.2, 0.25) is 5.91 Å². The first-order chi connectivity index (χ1) is 17.4. The summed E-state index contributed by atoms with van der Waals surface area (Å²) in [6, 6.07) is 27.2. The molecular formula is C27H20FN3O4S. The molecular weight excluding hydrogens is 481 g/mol. The molecule has 1 atom stereocenters. The fourth-order valence-corrected chi connectivity index (χ4v) is 4.38. The molecule has 180 valence electrons. The number of nitro benzene ring substituents is 1. The molecule has 0 radical (unpaired) electrons. The van der Waals surface area contributed by atoms with Gasteiger partial charge >= 0.3 is 0 Å². The molecule has 36 heavy (non-hydrogen) atoms. The van der Waals surface area contributed by atoms with Gasteiger partial charge in [-0.05, 0) is 60.2 Å². The van der Waals surface area contributed by atoms with Gasteiger partial charge in [0, 0.05) is 34.0 Å². The zero-order valence-corrected chi connectivity index (χ0v) is 19.6. The zero-order chi connectivity index (χ0) is 25.5. The summed E-state index contributed by atoms with van der Waals surface area (Å²) in [6.07, 6.45) is 0. The number of hydrogen-bond donors (Lipinski definition) is 2. The Hall–Kier alpha value is -4.50. The summed E-state index contributed by atoms with van der Waals surface area (Å²) < 4.78 is 13.2. The predicted molar refractivity (Wildman–Crippen MR) is 138 cm³/mol. The lowest BCUT2D eigenvalue weighted by Gasteiger charge is -2.17. The molecule has 0 aliphatic rings. The number of amides is 2. The van der Waals surface area contributed by atoms with E-state index in [1.54, 1.807) is 24.3 Å². The maximum Gasteiger partial charge on any atom is 0.270 e. The number of nitrogens with zero attached hydrogens (tertiary/aromatic N) is 1. The summed E-state index contributed by atoms with van der Waals surface area (Å²) in [5.41, 5.74) is 1.79. The van der Waals surface area contributed by atoms with Gasteiger partial charge in [0.1, 0.15) is 11.1 Å². The third-order valence-electron chi connectivity index (χ3n) is 5.14. The minimum atomic E-state index is -0.582. The molecule has 4 aromatic rings. The van der Waals surface area contributed by atoms with Crippen LogP contribution >= 0.6 is 11.8 Å². The summed E-state index contributed by atoms with van der Waals surface area (Å²) in [5, 5.41) is 15.9. The molecule has 2 amide bonds. The third kappa shape index (κ3) is 6.34. The lowest BCUT2D eigenvalue weighted by Crippen LogP contribution is -2.19. The molecule has 0 bridgehead atoms. The van der Waals surface area contributed by atoms with Crippen molar-refractivity contribution in [2.75, 3.05) is 10.6 Å². The molecule has 1 unspecified atom stereocenters. The Balaban J connectivity index is 1.47. The van der Waals surface area contributed by atoms with Crippen LogP contribution in [0.5, 0.6) is 0 Å². The van der Waals surface area contributed by atoms with Crippen LogP contribution in [-0.4, -0.2) is 16.7 Å². The molecule has 9 heteroatoms. The Morgan fingerprint density at radius 2 is 1.44 bits per heavy atom. The van der Waals surface area contributed by atoms with E-state index in [1.807, 2.05) is 30.3 Å². The van der Waals surface area contributed by atoms with Gasteiger partial charge in [-0.15, -0.1) is 11.8 Å². The highest BCUT2D eigenvalue weighted by atomic mass is 32.2. The van der Waals surface area contributed by atoms with E-state index in [0.29, 0.717) is 11.4 Å². The van der Waals surface area contributed by atoms with Gasteiger partial charge in [-0.3, -0.25) is 19.7 Å². The number of hydrogen-bond acceptors (Lipinski definition) is 5. The Morgan fingerprint density at radius 1 is 0.806 bits per heavy atom. The number of anilines is 2. The van der Waals surface area contributed by atoms with Crippen molar-refractivity contribution in [3.05, 3.63) is 130 Å². The number of rotatable bonds is 8. The van der Waals surface area contributed by atoms with Crippen LogP contribution in [-0.2, 0) is 4.79 Å². The standard InChI is InChI=1S/C27H20FN3O4S/c28-20-9-11-21(12-10-20)30-27(33)25(18-5-2-1-3-6-18)36-24-15-13-22(14-16-24)29-26(32)19-7-4-8-23(17-19)31(34)35/h1-17,25H,(H,29,32)(H,30,33). The predicted octanol–water partition coefficient (Wildman–Crippen LogP) is 6.46. The normalized spacial score (nSPS) is 11.4. The number of halogens is 1. The largest absolute Gasteiger partial charge is 0.325 e. The molecule has 0 fully saturated rings. The number of thioether (sulfide) groups is 1. The highest BCUT2D eigenvalue weighted by Crippen LogP contribution is 2.36. The molecule has 0 heterocycles. The van der Waals surface area contributed by atoms with E-state index in [2.05, 4.69) is 10.6 Å². The highest BCUT2D eigenvalue weighted by Gasteiger charge is 2.22.